The van der Waals surface area contributed by atoms with E-state index in [1.807, 2.05) is 4.90 Å². The molecule has 0 aromatic carbocycles. The average Bonchev–Trinajstić information content (AvgIpc) is 2.40. The van der Waals surface area contributed by atoms with Crippen LogP contribution in [0.2, 0.25) is 0 Å². The summed E-state index contributed by atoms with van der Waals surface area (Å²) in [5.41, 5.74) is 5.97. The van der Waals surface area contributed by atoms with Gasteiger partial charge in [0.2, 0.25) is 5.91 Å². The summed E-state index contributed by atoms with van der Waals surface area (Å²) in [4.78, 5) is 14.2. The van der Waals surface area contributed by atoms with E-state index in [9.17, 15) is 4.79 Å². The smallest absolute Gasteiger partial charge is 0.224 e. The number of carbonyl (C=O) groups excluding carboxylic acids is 1. The Morgan fingerprint density at radius 1 is 1.31 bits per heavy atom. The Kier molecular flexibility index (Phi) is 3.53. The van der Waals surface area contributed by atoms with Gasteiger partial charge in [0.1, 0.15) is 0 Å². The van der Waals surface area contributed by atoms with Gasteiger partial charge in [0, 0.05) is 25.0 Å². The molecule has 1 saturated carbocycles. The van der Waals surface area contributed by atoms with E-state index in [2.05, 4.69) is 6.92 Å². The topological polar surface area (TPSA) is 46.3 Å². The van der Waals surface area contributed by atoms with Crippen molar-refractivity contribution in [2.75, 3.05) is 13.1 Å². The second kappa shape index (κ2) is 4.74. The lowest BCUT2D eigenvalue weighted by atomic mass is 9.75. The van der Waals surface area contributed by atoms with Crippen LogP contribution < -0.4 is 5.73 Å². The summed E-state index contributed by atoms with van der Waals surface area (Å²) in [6.07, 6.45) is 7.40. The molecule has 1 aliphatic carbocycles. The number of hydrogen-bond acceptors (Lipinski definition) is 2. The van der Waals surface area contributed by atoms with E-state index in [0.717, 1.165) is 44.7 Å². The van der Waals surface area contributed by atoms with Crippen LogP contribution in [0.3, 0.4) is 0 Å². The molecule has 0 aromatic rings. The maximum Gasteiger partial charge on any atom is 0.224 e. The molecule has 3 nitrogen and oxygen atoms in total. The highest BCUT2D eigenvalue weighted by Crippen LogP contribution is 2.33. The number of nitrogens with zero attached hydrogens (tertiary/aromatic N) is 1. The Hall–Kier alpha value is -0.570. The summed E-state index contributed by atoms with van der Waals surface area (Å²) in [5, 5.41) is 0. The zero-order valence-electron chi connectivity index (χ0n) is 10.4. The first kappa shape index (κ1) is 11.9. The zero-order chi connectivity index (χ0) is 11.6. The molecule has 2 N–H and O–H groups in total. The predicted octanol–water partition coefficient (Wildman–Crippen LogP) is 1.91. The third kappa shape index (κ3) is 2.76. The van der Waals surface area contributed by atoms with Gasteiger partial charge in [0.25, 0.3) is 0 Å². The van der Waals surface area contributed by atoms with Gasteiger partial charge in [0.15, 0.2) is 0 Å². The van der Waals surface area contributed by atoms with E-state index in [4.69, 9.17) is 5.73 Å². The van der Waals surface area contributed by atoms with Crippen molar-refractivity contribution in [2.24, 2.45) is 11.7 Å². The summed E-state index contributed by atoms with van der Waals surface area (Å²) < 4.78 is 0. The first-order valence-electron chi connectivity index (χ1n) is 6.66. The molecule has 0 aromatic heterocycles. The molecule has 92 valence electrons. The second-order valence-corrected chi connectivity index (χ2v) is 5.81. The Balaban J connectivity index is 1.84. The van der Waals surface area contributed by atoms with E-state index in [1.165, 1.54) is 12.8 Å². The van der Waals surface area contributed by atoms with Crippen LogP contribution in [0, 0.1) is 5.92 Å². The van der Waals surface area contributed by atoms with E-state index < -0.39 is 0 Å². The molecule has 1 heterocycles. The average molecular weight is 224 g/mol. The summed E-state index contributed by atoms with van der Waals surface area (Å²) in [6, 6.07) is 0. The molecule has 16 heavy (non-hydrogen) atoms. The molecular formula is C13H24N2O. The van der Waals surface area contributed by atoms with Gasteiger partial charge in [-0.05, 0) is 44.4 Å². The molecule has 3 heteroatoms. The van der Waals surface area contributed by atoms with Gasteiger partial charge in [-0.1, -0.05) is 6.92 Å². The molecule has 0 radical (unpaired) electrons. The first-order chi connectivity index (χ1) is 7.59. The Morgan fingerprint density at radius 2 is 2.06 bits per heavy atom. The molecule has 1 aliphatic heterocycles. The fourth-order valence-electron chi connectivity index (χ4n) is 2.73. The van der Waals surface area contributed by atoms with Crippen LogP contribution in [-0.4, -0.2) is 29.4 Å². The van der Waals surface area contributed by atoms with Crippen LogP contribution in [0.1, 0.15) is 51.9 Å². The monoisotopic (exact) mass is 224 g/mol. The summed E-state index contributed by atoms with van der Waals surface area (Å²) in [7, 11) is 0. The quantitative estimate of drug-likeness (QED) is 0.778. The van der Waals surface area contributed by atoms with Crippen LogP contribution in [0.15, 0.2) is 0 Å². The number of hydrogen-bond donors (Lipinski definition) is 1. The zero-order valence-corrected chi connectivity index (χ0v) is 10.4. The molecule has 0 spiro atoms. The highest BCUT2D eigenvalue weighted by Gasteiger charge is 2.36. The minimum atomic E-state index is -0.158. The summed E-state index contributed by atoms with van der Waals surface area (Å²) in [5.74, 6) is 1.06. The SMILES string of the molecule is CC1CCCN(C(=O)CC2(N)CCC2)CC1. The summed E-state index contributed by atoms with van der Waals surface area (Å²) >= 11 is 0. The molecule has 2 rings (SSSR count). The fraction of sp³-hybridized carbons (Fsp3) is 0.923. The minimum absolute atomic E-state index is 0.158. The number of amides is 1. The van der Waals surface area contributed by atoms with E-state index in [-0.39, 0.29) is 11.4 Å². The Morgan fingerprint density at radius 3 is 2.69 bits per heavy atom. The molecule has 0 bridgehead atoms. The minimum Gasteiger partial charge on any atom is -0.343 e. The molecule has 2 fully saturated rings. The number of likely N-dealkylation sites (tertiary alicyclic amines) is 1. The van der Waals surface area contributed by atoms with E-state index in [1.54, 1.807) is 0 Å². The highest BCUT2D eigenvalue weighted by molar-refractivity contribution is 5.77. The van der Waals surface area contributed by atoms with E-state index in [0.29, 0.717) is 6.42 Å². The van der Waals surface area contributed by atoms with Crippen molar-refractivity contribution in [1.29, 1.82) is 0 Å². The van der Waals surface area contributed by atoms with Crippen LogP contribution >= 0.6 is 0 Å². The normalized spacial score (nSPS) is 29.4. The van der Waals surface area contributed by atoms with Crippen molar-refractivity contribution in [1.82, 2.24) is 4.90 Å². The van der Waals surface area contributed by atoms with Gasteiger partial charge in [-0.15, -0.1) is 0 Å². The van der Waals surface area contributed by atoms with Crippen molar-refractivity contribution in [3.63, 3.8) is 0 Å². The highest BCUT2D eigenvalue weighted by atomic mass is 16.2. The lowest BCUT2D eigenvalue weighted by Gasteiger charge is -2.38. The number of carbonyl (C=O) groups is 1. The van der Waals surface area contributed by atoms with E-state index >= 15 is 0 Å². The molecular weight excluding hydrogens is 200 g/mol. The maximum atomic E-state index is 12.1. The van der Waals surface area contributed by atoms with Gasteiger partial charge < -0.3 is 10.6 Å². The maximum absolute atomic E-state index is 12.1. The number of rotatable bonds is 2. The Labute approximate surface area is 98.4 Å². The van der Waals surface area contributed by atoms with Crippen molar-refractivity contribution in [3.05, 3.63) is 0 Å². The molecule has 2 aliphatic rings. The lowest BCUT2D eigenvalue weighted by Crippen LogP contribution is -2.50. The first-order valence-corrected chi connectivity index (χ1v) is 6.66. The fourth-order valence-corrected chi connectivity index (χ4v) is 2.73. The van der Waals surface area contributed by atoms with Gasteiger partial charge in [-0.3, -0.25) is 4.79 Å². The van der Waals surface area contributed by atoms with Crippen LogP contribution in [0.25, 0.3) is 0 Å². The molecule has 1 saturated heterocycles. The predicted molar refractivity (Wildman–Crippen MR) is 65.0 cm³/mol. The van der Waals surface area contributed by atoms with Crippen molar-refractivity contribution >= 4 is 5.91 Å². The van der Waals surface area contributed by atoms with Gasteiger partial charge in [-0.2, -0.15) is 0 Å². The largest absolute Gasteiger partial charge is 0.343 e. The standard InChI is InChI=1S/C13H24N2O/c1-11-4-2-8-15(9-5-11)12(16)10-13(14)6-3-7-13/h11H,2-10,14H2,1H3. The van der Waals surface area contributed by atoms with Crippen LogP contribution in [0.4, 0.5) is 0 Å². The van der Waals surface area contributed by atoms with Gasteiger partial charge in [-0.25, -0.2) is 0 Å². The molecule has 1 atom stereocenters. The third-order valence-electron chi connectivity index (χ3n) is 4.22. The Bertz CT molecular complexity index is 261. The second-order valence-electron chi connectivity index (χ2n) is 5.81. The van der Waals surface area contributed by atoms with Crippen molar-refractivity contribution in [3.8, 4) is 0 Å². The number of nitrogens with two attached hydrogens (primary N) is 1. The van der Waals surface area contributed by atoms with Crippen LogP contribution in [-0.2, 0) is 4.79 Å². The molecule has 1 amide bonds. The van der Waals surface area contributed by atoms with Gasteiger partial charge in [0.05, 0.1) is 0 Å². The van der Waals surface area contributed by atoms with Gasteiger partial charge >= 0.3 is 0 Å². The van der Waals surface area contributed by atoms with Crippen molar-refractivity contribution in [2.45, 2.75) is 57.4 Å². The lowest BCUT2D eigenvalue weighted by molar-refractivity contribution is -0.133. The van der Waals surface area contributed by atoms with Crippen molar-refractivity contribution < 1.29 is 4.79 Å². The third-order valence-corrected chi connectivity index (χ3v) is 4.22. The molecule has 1 unspecified atom stereocenters. The van der Waals surface area contributed by atoms with Crippen LogP contribution in [0.5, 0.6) is 0 Å². The summed E-state index contributed by atoms with van der Waals surface area (Å²) in [6.45, 7) is 4.17.